The number of nitrogens with one attached hydrogen (secondary N) is 1. The summed E-state index contributed by atoms with van der Waals surface area (Å²) in [5.74, 6) is 1.97. The second-order valence-corrected chi connectivity index (χ2v) is 9.52. The average Bonchev–Trinajstić information content (AvgIpc) is 3.44. The molecule has 1 aromatic carbocycles. The number of benzene rings is 1. The summed E-state index contributed by atoms with van der Waals surface area (Å²) in [6, 6.07) is 2.07. The molecule has 0 amide bonds. The molecule has 0 saturated heterocycles. The molecule has 3 unspecified atom stereocenters. The molecule has 27 heavy (non-hydrogen) atoms. The number of hydrogen-bond donors (Lipinski definition) is 2. The van der Waals surface area contributed by atoms with Crippen molar-refractivity contribution in [3.05, 3.63) is 39.6 Å². The minimum Gasteiger partial charge on any atom is -0.452 e. The Morgan fingerprint density at radius 3 is 2.48 bits per heavy atom. The minimum atomic E-state index is -0.345. The molecule has 4 aliphatic carbocycles. The fraction of sp³-hybridized carbons (Fsp3) is 0.545. The van der Waals surface area contributed by atoms with E-state index in [0.717, 1.165) is 66.8 Å². The smallest absolute Gasteiger partial charge is 0.181 e. The van der Waals surface area contributed by atoms with Gasteiger partial charge in [-0.15, -0.1) is 0 Å². The highest BCUT2D eigenvalue weighted by molar-refractivity contribution is 8.00. The van der Waals surface area contributed by atoms with Gasteiger partial charge in [0.25, 0.3) is 0 Å². The van der Waals surface area contributed by atoms with Crippen molar-refractivity contribution in [3.63, 3.8) is 0 Å². The number of aliphatic hydroxyl groups excluding tert-OH is 1. The Morgan fingerprint density at radius 1 is 1.04 bits per heavy atom. The zero-order valence-electron chi connectivity index (χ0n) is 15.5. The third-order valence-corrected chi connectivity index (χ3v) is 8.03. The molecule has 2 aromatic rings. The van der Waals surface area contributed by atoms with E-state index in [4.69, 9.17) is 12.3 Å². The Kier molecular flexibility index (Phi) is 3.74. The van der Waals surface area contributed by atoms with E-state index in [9.17, 15) is 5.11 Å². The quantitative estimate of drug-likeness (QED) is 0.625. The number of hydrogen-bond acceptors (Lipinski definition) is 4. The van der Waals surface area contributed by atoms with Crippen LogP contribution in [-0.2, 0) is 25.7 Å². The van der Waals surface area contributed by atoms with Gasteiger partial charge in [0, 0.05) is 23.4 Å². The van der Waals surface area contributed by atoms with Crippen molar-refractivity contribution in [1.82, 2.24) is 0 Å². The van der Waals surface area contributed by atoms with E-state index in [1.54, 1.807) is 11.9 Å². The van der Waals surface area contributed by atoms with Crippen LogP contribution in [0.5, 0.6) is 0 Å². The van der Waals surface area contributed by atoms with Crippen molar-refractivity contribution in [2.45, 2.75) is 74.9 Å². The molecule has 5 heteroatoms. The molecule has 3 nitrogen and oxygen atoms in total. The SMILES string of the molecule is [B]c1c2c(c(NSc3cc4c(o3)C3CCC(C3)C4O)c3c1CCC3)CCC2. The maximum absolute atomic E-state index is 10.6. The van der Waals surface area contributed by atoms with Crippen LogP contribution in [0.1, 0.15) is 77.7 Å². The Hall–Kier alpha value is -1.33. The molecular weight excluding hydrogens is 353 g/mol. The molecule has 1 heterocycles. The fourth-order valence-electron chi connectivity index (χ4n) is 6.01. The molecule has 1 aromatic heterocycles. The Bertz CT molecular complexity index is 888. The van der Waals surface area contributed by atoms with Crippen molar-refractivity contribution < 1.29 is 9.52 Å². The number of furan rings is 1. The Balaban J connectivity index is 1.32. The molecule has 0 aliphatic heterocycles. The second kappa shape index (κ2) is 6.08. The third-order valence-electron chi connectivity index (χ3n) is 7.32. The van der Waals surface area contributed by atoms with E-state index in [2.05, 4.69) is 10.8 Å². The maximum Gasteiger partial charge on any atom is 0.181 e. The van der Waals surface area contributed by atoms with E-state index >= 15 is 0 Å². The van der Waals surface area contributed by atoms with Gasteiger partial charge in [0.15, 0.2) is 5.09 Å². The minimum absolute atomic E-state index is 0.345. The van der Waals surface area contributed by atoms with Gasteiger partial charge in [-0.05, 0) is 92.0 Å². The molecule has 138 valence electrons. The summed E-state index contributed by atoms with van der Waals surface area (Å²) in [5.41, 5.74) is 9.01. The molecule has 1 fully saturated rings. The first kappa shape index (κ1) is 16.6. The van der Waals surface area contributed by atoms with Gasteiger partial charge >= 0.3 is 0 Å². The predicted molar refractivity (Wildman–Crippen MR) is 109 cm³/mol. The summed E-state index contributed by atoms with van der Waals surface area (Å²) in [4.78, 5) is 0. The fourth-order valence-corrected chi connectivity index (χ4v) is 6.78. The monoisotopic (exact) mass is 377 g/mol. The summed E-state index contributed by atoms with van der Waals surface area (Å²) in [7, 11) is 6.50. The standard InChI is InChI=1S/C22H24BNO2S/c23-19-13-3-1-5-15(13)20(16-6-2-4-14(16)19)24-27-18-10-17-21(25)11-7-8-12(9-11)22(17)26-18/h10-12,21,24-25H,1-9H2. The normalized spacial score (nSPS) is 27.5. The van der Waals surface area contributed by atoms with Crippen molar-refractivity contribution in [1.29, 1.82) is 0 Å². The van der Waals surface area contributed by atoms with Crippen molar-refractivity contribution >= 4 is 30.9 Å². The van der Waals surface area contributed by atoms with Crippen LogP contribution in [0.4, 0.5) is 5.69 Å². The highest BCUT2D eigenvalue weighted by Crippen LogP contribution is 2.53. The molecule has 3 atom stereocenters. The van der Waals surface area contributed by atoms with Gasteiger partial charge in [-0.25, -0.2) is 0 Å². The van der Waals surface area contributed by atoms with Gasteiger partial charge in [-0.2, -0.15) is 0 Å². The molecule has 4 aliphatic rings. The van der Waals surface area contributed by atoms with Gasteiger partial charge in [-0.1, -0.05) is 5.46 Å². The van der Waals surface area contributed by atoms with Crippen LogP contribution >= 0.6 is 11.9 Å². The number of aliphatic hydroxyl groups is 1. The van der Waals surface area contributed by atoms with E-state index in [-0.39, 0.29) is 6.10 Å². The van der Waals surface area contributed by atoms with E-state index < -0.39 is 0 Å². The first-order valence-corrected chi connectivity index (χ1v) is 11.2. The topological polar surface area (TPSA) is 45.4 Å². The first-order chi connectivity index (χ1) is 13.2. The van der Waals surface area contributed by atoms with Crippen LogP contribution in [-0.4, -0.2) is 13.0 Å². The van der Waals surface area contributed by atoms with Crippen molar-refractivity contribution in [2.75, 3.05) is 4.72 Å². The predicted octanol–water partition coefficient (Wildman–Crippen LogP) is 4.10. The van der Waals surface area contributed by atoms with Crippen LogP contribution < -0.4 is 10.2 Å². The van der Waals surface area contributed by atoms with Crippen LogP contribution in [0.15, 0.2) is 15.6 Å². The second-order valence-electron chi connectivity index (χ2n) is 8.71. The molecule has 2 N–H and O–H groups in total. The first-order valence-electron chi connectivity index (χ1n) is 10.4. The number of anilines is 1. The molecular formula is C22H24BNO2S. The van der Waals surface area contributed by atoms with Gasteiger partial charge in [-0.3, -0.25) is 0 Å². The van der Waals surface area contributed by atoms with Gasteiger partial charge in [0.1, 0.15) is 13.6 Å². The largest absolute Gasteiger partial charge is 0.452 e. The summed E-state index contributed by atoms with van der Waals surface area (Å²) < 4.78 is 9.85. The third kappa shape index (κ3) is 2.40. The Labute approximate surface area is 165 Å². The summed E-state index contributed by atoms with van der Waals surface area (Å²) >= 11 is 1.57. The number of fused-ring (bicyclic) bond motifs is 6. The summed E-state index contributed by atoms with van der Waals surface area (Å²) in [6.45, 7) is 0. The van der Waals surface area contributed by atoms with Gasteiger partial charge in [0.05, 0.1) is 11.8 Å². The molecule has 6 rings (SSSR count). The average molecular weight is 377 g/mol. The molecule has 2 bridgehead atoms. The van der Waals surface area contributed by atoms with Gasteiger partial charge < -0.3 is 14.2 Å². The Morgan fingerprint density at radius 2 is 1.74 bits per heavy atom. The van der Waals surface area contributed by atoms with E-state index in [1.807, 2.05) is 0 Å². The zero-order chi connectivity index (χ0) is 18.1. The molecule has 0 spiro atoms. The van der Waals surface area contributed by atoms with Crippen LogP contribution in [0.3, 0.4) is 0 Å². The van der Waals surface area contributed by atoms with E-state index in [1.165, 1.54) is 40.8 Å². The molecule has 2 radical (unpaired) electrons. The van der Waals surface area contributed by atoms with Gasteiger partial charge in [0.2, 0.25) is 0 Å². The zero-order valence-corrected chi connectivity index (χ0v) is 16.3. The lowest BCUT2D eigenvalue weighted by Gasteiger charge is -2.23. The lowest BCUT2D eigenvalue weighted by molar-refractivity contribution is 0.101. The number of rotatable bonds is 3. The van der Waals surface area contributed by atoms with E-state index in [0.29, 0.717) is 11.8 Å². The highest BCUT2D eigenvalue weighted by Gasteiger charge is 2.41. The van der Waals surface area contributed by atoms with Crippen molar-refractivity contribution in [3.8, 4) is 0 Å². The lowest BCUT2D eigenvalue weighted by atomic mass is 9.81. The maximum atomic E-state index is 10.6. The highest BCUT2D eigenvalue weighted by atomic mass is 32.2. The summed E-state index contributed by atoms with van der Waals surface area (Å²) in [6.07, 6.45) is 9.87. The van der Waals surface area contributed by atoms with Crippen LogP contribution in [0.25, 0.3) is 0 Å². The molecule has 1 saturated carbocycles. The summed E-state index contributed by atoms with van der Waals surface area (Å²) in [5, 5.41) is 11.5. The van der Waals surface area contributed by atoms with Crippen molar-refractivity contribution in [2.24, 2.45) is 5.92 Å². The van der Waals surface area contributed by atoms with Crippen LogP contribution in [0.2, 0.25) is 0 Å². The lowest BCUT2D eigenvalue weighted by Crippen LogP contribution is -2.18. The van der Waals surface area contributed by atoms with Crippen LogP contribution in [0, 0.1) is 5.92 Å².